The summed E-state index contributed by atoms with van der Waals surface area (Å²) in [6.45, 7) is -0.369. The van der Waals surface area contributed by atoms with Crippen molar-refractivity contribution in [1.82, 2.24) is 0 Å². The lowest BCUT2D eigenvalue weighted by molar-refractivity contribution is 0.270. The van der Waals surface area contributed by atoms with Crippen LogP contribution in [0.15, 0.2) is 30.3 Å². The van der Waals surface area contributed by atoms with E-state index in [4.69, 9.17) is 21.4 Å². The van der Waals surface area contributed by atoms with Gasteiger partial charge in [-0.1, -0.05) is 11.6 Å². The Labute approximate surface area is 120 Å². The molecule has 5 nitrogen and oxygen atoms in total. The Bertz CT molecular complexity index is 627. The fraction of sp³-hybridized carbons (Fsp3) is 0.143. The Morgan fingerprint density at radius 1 is 1.00 bits per heavy atom. The molecular formula is C14H13ClO5. The minimum absolute atomic E-state index is 0.00458. The van der Waals surface area contributed by atoms with Crippen LogP contribution in [0.4, 0.5) is 0 Å². The normalized spacial score (nSPS) is 10.5. The van der Waals surface area contributed by atoms with Crippen molar-refractivity contribution in [2.24, 2.45) is 0 Å². The number of phenols is 3. The van der Waals surface area contributed by atoms with E-state index in [2.05, 4.69) is 0 Å². The van der Waals surface area contributed by atoms with E-state index in [-0.39, 0.29) is 41.0 Å². The summed E-state index contributed by atoms with van der Waals surface area (Å²) in [4.78, 5) is 0. The number of aromatic hydroxyl groups is 3. The molecule has 2 aromatic rings. The SMILES string of the molecule is OCc1cc(OCc2cc(O)ccc2O)cc(Cl)c1O. The lowest BCUT2D eigenvalue weighted by Gasteiger charge is -2.11. The molecule has 0 heterocycles. The van der Waals surface area contributed by atoms with Crippen LogP contribution >= 0.6 is 11.6 Å². The molecule has 0 aromatic heterocycles. The minimum atomic E-state index is -0.375. The van der Waals surface area contributed by atoms with E-state index < -0.39 is 0 Å². The van der Waals surface area contributed by atoms with Gasteiger partial charge in [0.1, 0.15) is 29.6 Å². The Balaban J connectivity index is 2.19. The molecule has 2 aromatic carbocycles. The number of halogens is 1. The zero-order chi connectivity index (χ0) is 14.7. The molecule has 20 heavy (non-hydrogen) atoms. The van der Waals surface area contributed by atoms with Crippen LogP contribution in [0.3, 0.4) is 0 Å². The van der Waals surface area contributed by atoms with Gasteiger partial charge in [0.25, 0.3) is 0 Å². The largest absolute Gasteiger partial charge is 0.508 e. The molecule has 4 N–H and O–H groups in total. The van der Waals surface area contributed by atoms with Crippen LogP contribution in [0.2, 0.25) is 5.02 Å². The summed E-state index contributed by atoms with van der Waals surface area (Å²) in [5.74, 6) is 0.151. The smallest absolute Gasteiger partial charge is 0.139 e. The van der Waals surface area contributed by atoms with E-state index >= 15 is 0 Å². The van der Waals surface area contributed by atoms with Crippen molar-refractivity contribution in [3.63, 3.8) is 0 Å². The highest BCUT2D eigenvalue weighted by Gasteiger charge is 2.10. The van der Waals surface area contributed by atoms with E-state index in [0.717, 1.165) is 0 Å². The van der Waals surface area contributed by atoms with Gasteiger partial charge in [0, 0.05) is 17.2 Å². The first-order valence-corrected chi connectivity index (χ1v) is 6.15. The second-order valence-corrected chi connectivity index (χ2v) is 4.58. The lowest BCUT2D eigenvalue weighted by atomic mass is 10.2. The molecular weight excluding hydrogens is 284 g/mol. The van der Waals surface area contributed by atoms with Crippen LogP contribution in [-0.2, 0) is 13.2 Å². The van der Waals surface area contributed by atoms with Crippen molar-refractivity contribution in [3.05, 3.63) is 46.5 Å². The standard InChI is InChI=1S/C14H13ClO5/c15-12-5-11(4-8(6-16)14(12)19)20-7-9-3-10(17)1-2-13(9)18/h1-5,16-19H,6-7H2. The highest BCUT2D eigenvalue weighted by molar-refractivity contribution is 6.32. The van der Waals surface area contributed by atoms with Gasteiger partial charge in [-0.05, 0) is 24.3 Å². The maximum atomic E-state index is 9.62. The van der Waals surface area contributed by atoms with Crippen molar-refractivity contribution in [3.8, 4) is 23.0 Å². The molecule has 0 unspecified atom stereocenters. The fourth-order valence-corrected chi connectivity index (χ4v) is 1.91. The van der Waals surface area contributed by atoms with Crippen LogP contribution in [0.5, 0.6) is 23.0 Å². The summed E-state index contributed by atoms with van der Waals surface area (Å²) in [7, 11) is 0. The van der Waals surface area contributed by atoms with E-state index in [1.165, 1.54) is 30.3 Å². The number of hydrogen-bond acceptors (Lipinski definition) is 5. The molecule has 0 radical (unpaired) electrons. The van der Waals surface area contributed by atoms with Gasteiger partial charge < -0.3 is 25.2 Å². The first-order valence-electron chi connectivity index (χ1n) is 5.77. The van der Waals surface area contributed by atoms with Gasteiger partial charge in [0.15, 0.2) is 0 Å². The third-order valence-corrected chi connectivity index (χ3v) is 3.03. The Kier molecular flexibility index (Phi) is 4.22. The number of aliphatic hydroxyl groups excluding tert-OH is 1. The second kappa shape index (κ2) is 5.90. The van der Waals surface area contributed by atoms with Gasteiger partial charge in [-0.3, -0.25) is 0 Å². The van der Waals surface area contributed by atoms with Gasteiger partial charge in [-0.2, -0.15) is 0 Å². The van der Waals surface area contributed by atoms with Crippen molar-refractivity contribution in [2.45, 2.75) is 13.2 Å². The Hall–Kier alpha value is -2.11. The number of phenolic OH excluding ortho intramolecular Hbond substituents is 2. The van der Waals surface area contributed by atoms with Crippen molar-refractivity contribution >= 4 is 11.6 Å². The molecule has 6 heteroatoms. The predicted molar refractivity (Wildman–Crippen MR) is 73.1 cm³/mol. The van der Waals surface area contributed by atoms with Crippen LogP contribution in [-0.4, -0.2) is 20.4 Å². The van der Waals surface area contributed by atoms with Gasteiger partial charge in [-0.25, -0.2) is 0 Å². The molecule has 0 bridgehead atoms. The highest BCUT2D eigenvalue weighted by Crippen LogP contribution is 2.33. The first-order chi connectivity index (χ1) is 9.51. The third kappa shape index (κ3) is 3.07. The van der Waals surface area contributed by atoms with Crippen LogP contribution in [0, 0.1) is 0 Å². The zero-order valence-electron chi connectivity index (χ0n) is 10.4. The van der Waals surface area contributed by atoms with E-state index in [9.17, 15) is 15.3 Å². The molecule has 0 saturated heterocycles. The summed E-state index contributed by atoms with van der Waals surface area (Å²) < 4.78 is 5.43. The summed E-state index contributed by atoms with van der Waals surface area (Å²) in [6, 6.07) is 6.94. The molecule has 0 aliphatic heterocycles. The quantitative estimate of drug-likeness (QED) is 0.651. The molecule has 0 aliphatic carbocycles. The number of benzene rings is 2. The van der Waals surface area contributed by atoms with Gasteiger partial charge >= 0.3 is 0 Å². The molecule has 106 valence electrons. The number of ether oxygens (including phenoxy) is 1. The average molecular weight is 297 g/mol. The van der Waals surface area contributed by atoms with Crippen molar-refractivity contribution < 1.29 is 25.2 Å². The topological polar surface area (TPSA) is 90.2 Å². The van der Waals surface area contributed by atoms with Crippen molar-refractivity contribution in [2.75, 3.05) is 0 Å². The first kappa shape index (κ1) is 14.3. The molecule has 2 rings (SSSR count). The van der Waals surface area contributed by atoms with Gasteiger partial charge in [0.05, 0.1) is 11.6 Å². The molecule has 0 atom stereocenters. The zero-order valence-corrected chi connectivity index (χ0v) is 11.1. The number of rotatable bonds is 4. The third-order valence-electron chi connectivity index (χ3n) is 2.74. The van der Waals surface area contributed by atoms with Gasteiger partial charge in [-0.15, -0.1) is 0 Å². The fourth-order valence-electron chi connectivity index (χ4n) is 1.68. The Morgan fingerprint density at radius 3 is 2.45 bits per heavy atom. The van der Waals surface area contributed by atoms with E-state index in [1.54, 1.807) is 0 Å². The number of aliphatic hydroxyl groups is 1. The van der Waals surface area contributed by atoms with Crippen LogP contribution < -0.4 is 4.74 Å². The van der Waals surface area contributed by atoms with E-state index in [0.29, 0.717) is 11.3 Å². The molecule has 0 saturated carbocycles. The maximum absolute atomic E-state index is 9.62. The summed E-state index contributed by atoms with van der Waals surface area (Å²) in [5.41, 5.74) is 0.646. The van der Waals surface area contributed by atoms with E-state index in [1.807, 2.05) is 0 Å². The highest BCUT2D eigenvalue weighted by atomic mass is 35.5. The average Bonchev–Trinajstić information content (AvgIpc) is 2.43. The minimum Gasteiger partial charge on any atom is -0.508 e. The monoisotopic (exact) mass is 296 g/mol. The lowest BCUT2D eigenvalue weighted by Crippen LogP contribution is -1.97. The van der Waals surface area contributed by atoms with Crippen molar-refractivity contribution in [1.29, 1.82) is 0 Å². The second-order valence-electron chi connectivity index (χ2n) is 4.17. The number of hydrogen-bond donors (Lipinski definition) is 4. The van der Waals surface area contributed by atoms with Crippen LogP contribution in [0.1, 0.15) is 11.1 Å². The summed E-state index contributed by atoms with van der Waals surface area (Å²) >= 11 is 5.81. The summed E-state index contributed by atoms with van der Waals surface area (Å²) in [6.07, 6.45) is 0. The predicted octanol–water partition coefficient (Wildman–Crippen LogP) is 2.53. The molecule has 0 fully saturated rings. The maximum Gasteiger partial charge on any atom is 0.139 e. The summed E-state index contributed by atoms with van der Waals surface area (Å²) in [5, 5.41) is 37.7. The Morgan fingerprint density at radius 2 is 1.75 bits per heavy atom. The van der Waals surface area contributed by atoms with Crippen LogP contribution in [0.25, 0.3) is 0 Å². The molecule has 0 amide bonds. The molecule has 0 aliphatic rings. The van der Waals surface area contributed by atoms with Gasteiger partial charge in [0.2, 0.25) is 0 Å². The molecule has 0 spiro atoms.